The monoisotopic (exact) mass is 314 g/mol. The topological polar surface area (TPSA) is 48.1 Å². The van der Waals surface area contributed by atoms with E-state index in [0.717, 1.165) is 25.8 Å². The van der Waals surface area contributed by atoms with Gasteiger partial charge >= 0.3 is 0 Å². The van der Waals surface area contributed by atoms with Crippen molar-refractivity contribution in [2.24, 2.45) is 0 Å². The molecule has 110 valence electrons. The molecule has 0 aliphatic carbocycles. The quantitative estimate of drug-likeness (QED) is 0.381. The summed E-state index contributed by atoms with van der Waals surface area (Å²) in [5.74, 6) is -0.364. The highest BCUT2D eigenvalue weighted by molar-refractivity contribution is 7.80. The maximum Gasteiger partial charge on any atom is 0.189 e. The highest BCUT2D eigenvalue weighted by Gasteiger charge is 2.02. The number of anilines is 1. The highest BCUT2D eigenvalue weighted by Crippen LogP contribution is 2.11. The van der Waals surface area contributed by atoms with Gasteiger partial charge in [0.15, 0.2) is 10.2 Å². The Kier molecular flexibility index (Phi) is 7.82. The van der Waals surface area contributed by atoms with Crippen LogP contribution in [-0.4, -0.2) is 16.8 Å². The van der Waals surface area contributed by atoms with E-state index < -0.39 is 0 Å². The Balaban J connectivity index is 2.23. The first-order valence-electron chi connectivity index (χ1n) is 6.49. The second-order valence-electron chi connectivity index (χ2n) is 4.15. The van der Waals surface area contributed by atoms with E-state index in [0.29, 0.717) is 10.8 Å². The first kappa shape index (κ1) is 16.6. The lowest BCUT2D eigenvalue weighted by molar-refractivity contribution is 0.632. The number of hydrogen-bond acceptors (Lipinski definition) is 2. The third kappa shape index (κ3) is 6.63. The van der Waals surface area contributed by atoms with Crippen LogP contribution in [0.15, 0.2) is 24.3 Å². The molecule has 20 heavy (non-hydrogen) atoms. The van der Waals surface area contributed by atoms with Gasteiger partial charge in [-0.2, -0.15) is 0 Å². The molecule has 0 fully saturated rings. The first-order valence-corrected chi connectivity index (χ1v) is 7.30. The van der Waals surface area contributed by atoms with Gasteiger partial charge in [0, 0.05) is 6.54 Å². The van der Waals surface area contributed by atoms with Crippen LogP contribution in [0.4, 0.5) is 10.1 Å². The zero-order valence-electron chi connectivity index (χ0n) is 11.3. The number of thiocarbonyl (C=S) groups is 2. The Morgan fingerprint density at radius 2 is 1.80 bits per heavy atom. The van der Waals surface area contributed by atoms with Crippen molar-refractivity contribution < 1.29 is 4.39 Å². The standard InChI is InChI=1S/C13H19FN4S2/c1-2-3-6-9-15-12(19)17-18-13(20)16-11-8-5-4-7-10(11)14/h4-5,7-8H,2-3,6,9H2,1H3,(H2,15,17,19)(H2,16,18,20). The van der Waals surface area contributed by atoms with Crippen LogP contribution in [0.5, 0.6) is 0 Å². The lowest BCUT2D eigenvalue weighted by Gasteiger charge is -2.14. The normalized spacial score (nSPS) is 9.70. The van der Waals surface area contributed by atoms with E-state index in [1.54, 1.807) is 18.2 Å². The highest BCUT2D eigenvalue weighted by atomic mass is 32.1. The van der Waals surface area contributed by atoms with E-state index >= 15 is 0 Å². The minimum Gasteiger partial charge on any atom is -0.361 e. The fourth-order valence-electron chi connectivity index (χ4n) is 1.45. The second kappa shape index (κ2) is 9.44. The van der Waals surface area contributed by atoms with E-state index in [2.05, 4.69) is 28.4 Å². The predicted molar refractivity (Wildman–Crippen MR) is 89.0 cm³/mol. The third-order valence-corrected chi connectivity index (χ3v) is 2.93. The van der Waals surface area contributed by atoms with Gasteiger partial charge in [0.05, 0.1) is 5.69 Å². The SMILES string of the molecule is CCCCCNC(=S)NNC(=S)Nc1ccccc1F. The maximum absolute atomic E-state index is 13.4. The van der Waals surface area contributed by atoms with Crippen molar-refractivity contribution in [3.63, 3.8) is 0 Å². The van der Waals surface area contributed by atoms with E-state index in [1.165, 1.54) is 6.07 Å². The lowest BCUT2D eigenvalue weighted by atomic mass is 10.2. The van der Waals surface area contributed by atoms with Crippen molar-refractivity contribution in [3.05, 3.63) is 30.1 Å². The van der Waals surface area contributed by atoms with Crippen LogP contribution >= 0.6 is 24.4 Å². The molecule has 0 saturated heterocycles. The molecular weight excluding hydrogens is 295 g/mol. The van der Waals surface area contributed by atoms with Crippen LogP contribution in [0.25, 0.3) is 0 Å². The summed E-state index contributed by atoms with van der Waals surface area (Å²) < 4.78 is 13.4. The maximum atomic E-state index is 13.4. The van der Waals surface area contributed by atoms with Crippen molar-refractivity contribution in [1.29, 1.82) is 0 Å². The molecule has 4 nitrogen and oxygen atoms in total. The van der Waals surface area contributed by atoms with Crippen molar-refractivity contribution in [1.82, 2.24) is 16.2 Å². The molecular formula is C13H19FN4S2. The number of rotatable bonds is 5. The molecule has 4 N–H and O–H groups in total. The Morgan fingerprint density at radius 1 is 1.10 bits per heavy atom. The molecule has 0 amide bonds. The summed E-state index contributed by atoms with van der Waals surface area (Å²) in [6.45, 7) is 2.96. The fraction of sp³-hybridized carbons (Fsp3) is 0.385. The molecule has 0 bridgehead atoms. The predicted octanol–water partition coefficient (Wildman–Crippen LogP) is 2.68. The van der Waals surface area contributed by atoms with Gasteiger partial charge in [0.25, 0.3) is 0 Å². The average molecular weight is 314 g/mol. The Morgan fingerprint density at radius 3 is 2.50 bits per heavy atom. The molecule has 0 aliphatic heterocycles. The van der Waals surface area contributed by atoms with Crippen molar-refractivity contribution in [3.8, 4) is 0 Å². The van der Waals surface area contributed by atoms with Crippen LogP contribution in [0.2, 0.25) is 0 Å². The van der Waals surface area contributed by atoms with Crippen LogP contribution in [0.1, 0.15) is 26.2 Å². The molecule has 7 heteroatoms. The summed E-state index contributed by atoms with van der Waals surface area (Å²) in [6.07, 6.45) is 3.39. The zero-order chi connectivity index (χ0) is 14.8. The van der Waals surface area contributed by atoms with Crippen LogP contribution in [-0.2, 0) is 0 Å². The molecule has 0 spiro atoms. The van der Waals surface area contributed by atoms with Gasteiger partial charge in [-0.15, -0.1) is 0 Å². The molecule has 0 radical (unpaired) electrons. The summed E-state index contributed by atoms with van der Waals surface area (Å²) in [4.78, 5) is 0. The lowest BCUT2D eigenvalue weighted by Crippen LogP contribution is -2.48. The fourth-order valence-corrected chi connectivity index (χ4v) is 1.76. The van der Waals surface area contributed by atoms with Gasteiger partial charge in [-0.25, -0.2) is 4.39 Å². The summed E-state index contributed by atoms with van der Waals surface area (Å²) in [5.41, 5.74) is 5.76. The van der Waals surface area contributed by atoms with E-state index in [1.807, 2.05) is 0 Å². The van der Waals surface area contributed by atoms with E-state index in [4.69, 9.17) is 24.4 Å². The summed E-state index contributed by atoms with van der Waals surface area (Å²) in [7, 11) is 0. The Bertz CT molecular complexity index is 454. The van der Waals surface area contributed by atoms with Gasteiger partial charge in [-0.1, -0.05) is 31.9 Å². The Hall–Kier alpha value is -1.47. The molecule has 0 atom stereocenters. The summed E-state index contributed by atoms with van der Waals surface area (Å²) in [6, 6.07) is 6.30. The van der Waals surface area contributed by atoms with Crippen LogP contribution in [0.3, 0.4) is 0 Å². The van der Waals surface area contributed by atoms with Crippen molar-refractivity contribution in [2.75, 3.05) is 11.9 Å². The third-order valence-electron chi connectivity index (χ3n) is 2.48. The summed E-state index contributed by atoms with van der Waals surface area (Å²) >= 11 is 10.1. The number of nitrogens with one attached hydrogen (secondary N) is 4. The van der Waals surface area contributed by atoms with Crippen LogP contribution < -0.4 is 21.5 Å². The van der Waals surface area contributed by atoms with Gasteiger partial charge in [0.1, 0.15) is 5.82 Å². The number of unbranched alkanes of at least 4 members (excludes halogenated alkanes) is 2. The molecule has 0 saturated carbocycles. The van der Waals surface area contributed by atoms with E-state index in [9.17, 15) is 4.39 Å². The smallest absolute Gasteiger partial charge is 0.189 e. The number of para-hydroxylation sites is 1. The molecule has 1 aromatic carbocycles. The molecule has 1 aromatic rings. The minimum atomic E-state index is -0.364. The Labute approximate surface area is 129 Å². The van der Waals surface area contributed by atoms with Crippen molar-refractivity contribution in [2.45, 2.75) is 26.2 Å². The van der Waals surface area contributed by atoms with Gasteiger partial charge in [0.2, 0.25) is 0 Å². The summed E-state index contributed by atoms with van der Waals surface area (Å²) in [5, 5.41) is 6.48. The van der Waals surface area contributed by atoms with Crippen molar-refractivity contribution >= 4 is 40.3 Å². The molecule has 0 aromatic heterocycles. The van der Waals surface area contributed by atoms with E-state index in [-0.39, 0.29) is 10.9 Å². The van der Waals surface area contributed by atoms with Gasteiger partial charge < -0.3 is 10.6 Å². The molecule has 0 unspecified atom stereocenters. The second-order valence-corrected chi connectivity index (χ2v) is 4.96. The van der Waals surface area contributed by atoms with Crippen LogP contribution in [0, 0.1) is 5.82 Å². The zero-order valence-corrected chi connectivity index (χ0v) is 13.0. The molecule has 0 aliphatic rings. The minimum absolute atomic E-state index is 0.243. The number of hydrazine groups is 1. The first-order chi connectivity index (χ1) is 9.63. The number of halogens is 1. The number of hydrogen-bond donors (Lipinski definition) is 4. The number of benzene rings is 1. The molecule has 0 heterocycles. The average Bonchev–Trinajstić information content (AvgIpc) is 2.44. The van der Waals surface area contributed by atoms with Gasteiger partial charge in [-0.3, -0.25) is 10.9 Å². The largest absolute Gasteiger partial charge is 0.361 e. The molecule has 1 rings (SSSR count). The van der Waals surface area contributed by atoms with Gasteiger partial charge in [-0.05, 0) is 43.0 Å².